The second-order valence-electron chi connectivity index (χ2n) is 7.88. The number of fused-ring (bicyclic) bond motifs is 1. The molecule has 0 radical (unpaired) electrons. The van der Waals surface area contributed by atoms with Crippen LogP contribution in [0, 0.1) is 13.8 Å². The highest BCUT2D eigenvalue weighted by Gasteiger charge is 2.37. The summed E-state index contributed by atoms with van der Waals surface area (Å²) in [6.45, 7) is 9.65. The van der Waals surface area contributed by atoms with Crippen molar-refractivity contribution in [3.05, 3.63) is 22.8 Å². The number of amides is 1. The number of carbonyl (C=O) groups is 1. The van der Waals surface area contributed by atoms with Crippen LogP contribution in [0.25, 0.3) is 5.78 Å². The molecule has 0 atom stereocenters. The van der Waals surface area contributed by atoms with E-state index in [1.165, 1.54) is 0 Å². The Balaban J connectivity index is 1.63. The van der Waals surface area contributed by atoms with Gasteiger partial charge < -0.3 is 10.2 Å². The van der Waals surface area contributed by atoms with Gasteiger partial charge in [-0.15, -0.1) is 5.10 Å². The van der Waals surface area contributed by atoms with Gasteiger partial charge in [0.05, 0.1) is 0 Å². The summed E-state index contributed by atoms with van der Waals surface area (Å²) < 4.78 is 39.7. The van der Waals surface area contributed by atoms with Gasteiger partial charge in [0.1, 0.15) is 0 Å². The second-order valence-corrected chi connectivity index (χ2v) is 7.88. The van der Waals surface area contributed by atoms with Crippen molar-refractivity contribution in [3.63, 3.8) is 0 Å². The largest absolute Gasteiger partial charge is 0.453 e. The lowest BCUT2D eigenvalue weighted by Crippen LogP contribution is -2.46. The van der Waals surface area contributed by atoms with Crippen molar-refractivity contribution in [3.8, 4) is 0 Å². The molecule has 1 amide bonds. The van der Waals surface area contributed by atoms with E-state index in [0.29, 0.717) is 23.9 Å². The van der Waals surface area contributed by atoms with Crippen molar-refractivity contribution in [1.82, 2.24) is 29.8 Å². The van der Waals surface area contributed by atoms with Gasteiger partial charge in [0.2, 0.25) is 5.91 Å². The van der Waals surface area contributed by atoms with Crippen molar-refractivity contribution in [2.24, 2.45) is 0 Å². The van der Waals surface area contributed by atoms with Crippen LogP contribution in [0.3, 0.4) is 0 Å². The van der Waals surface area contributed by atoms with Crippen molar-refractivity contribution in [1.29, 1.82) is 0 Å². The van der Waals surface area contributed by atoms with E-state index in [9.17, 15) is 18.0 Å². The minimum atomic E-state index is -4.63. The van der Waals surface area contributed by atoms with Gasteiger partial charge in [-0.3, -0.25) is 4.79 Å². The van der Waals surface area contributed by atoms with E-state index in [-0.39, 0.29) is 24.1 Å². The summed E-state index contributed by atoms with van der Waals surface area (Å²) in [5, 5.41) is 6.62. The van der Waals surface area contributed by atoms with Crippen LogP contribution >= 0.6 is 0 Å². The maximum atomic E-state index is 12.9. The van der Waals surface area contributed by atoms with Gasteiger partial charge in [-0.2, -0.15) is 18.2 Å². The van der Waals surface area contributed by atoms with Crippen LogP contribution < -0.4 is 5.32 Å². The van der Waals surface area contributed by atoms with Gasteiger partial charge in [0.15, 0.2) is 0 Å². The summed E-state index contributed by atoms with van der Waals surface area (Å²) in [5.74, 6) is -1.35. The fourth-order valence-electron chi connectivity index (χ4n) is 3.79. The normalized spacial score (nSPS) is 16.7. The lowest BCUT2D eigenvalue weighted by atomic mass is 10.0. The number of hydrogen-bond acceptors (Lipinski definition) is 5. The van der Waals surface area contributed by atoms with Gasteiger partial charge >= 0.3 is 6.18 Å². The first-order chi connectivity index (χ1) is 13.6. The molecule has 1 aliphatic heterocycles. The number of piperidine rings is 1. The first-order valence-electron chi connectivity index (χ1n) is 9.89. The molecule has 7 nitrogen and oxygen atoms in total. The summed E-state index contributed by atoms with van der Waals surface area (Å²) >= 11 is 0. The summed E-state index contributed by atoms with van der Waals surface area (Å²) in [5.41, 5.74) is 1.81. The number of aryl methyl sites for hydroxylation is 2. The van der Waals surface area contributed by atoms with Crippen LogP contribution in [-0.4, -0.2) is 55.6 Å². The van der Waals surface area contributed by atoms with Crippen LogP contribution in [0.1, 0.15) is 55.9 Å². The lowest BCUT2D eigenvalue weighted by Gasteiger charge is -2.34. The molecule has 0 bridgehead atoms. The number of likely N-dealkylation sites (tertiary alicyclic amines) is 1. The maximum Gasteiger partial charge on any atom is 0.453 e. The van der Waals surface area contributed by atoms with Crippen molar-refractivity contribution in [2.75, 3.05) is 13.1 Å². The molecule has 1 fully saturated rings. The van der Waals surface area contributed by atoms with Crippen molar-refractivity contribution < 1.29 is 18.0 Å². The molecule has 0 aromatic carbocycles. The zero-order chi connectivity index (χ0) is 21.3. The highest BCUT2D eigenvalue weighted by Crippen LogP contribution is 2.27. The number of aromatic nitrogens is 4. The van der Waals surface area contributed by atoms with Crippen molar-refractivity contribution >= 4 is 11.7 Å². The fourth-order valence-corrected chi connectivity index (χ4v) is 3.79. The van der Waals surface area contributed by atoms with Crippen LogP contribution in [0.5, 0.6) is 0 Å². The van der Waals surface area contributed by atoms with E-state index in [2.05, 4.69) is 39.1 Å². The smallest absolute Gasteiger partial charge is 0.353 e. The Bertz CT molecular complexity index is 884. The molecule has 2 aromatic heterocycles. The third kappa shape index (κ3) is 4.85. The molecule has 1 saturated heterocycles. The van der Waals surface area contributed by atoms with Crippen molar-refractivity contribution in [2.45, 2.75) is 71.6 Å². The number of halogens is 3. The van der Waals surface area contributed by atoms with Crippen LogP contribution in [0.4, 0.5) is 13.2 Å². The Hall–Kier alpha value is -2.23. The predicted octanol–water partition coefficient (Wildman–Crippen LogP) is 2.68. The molecule has 29 heavy (non-hydrogen) atoms. The molecule has 1 N–H and O–H groups in total. The topological polar surface area (TPSA) is 75.4 Å². The molecular weight excluding hydrogens is 385 g/mol. The number of alkyl halides is 3. The summed E-state index contributed by atoms with van der Waals surface area (Å²) in [7, 11) is 0. The van der Waals surface area contributed by atoms with E-state index in [1.54, 1.807) is 13.8 Å². The van der Waals surface area contributed by atoms with E-state index in [1.807, 2.05) is 0 Å². The Kier molecular flexibility index (Phi) is 6.11. The van der Waals surface area contributed by atoms with Gasteiger partial charge in [0.25, 0.3) is 11.6 Å². The van der Waals surface area contributed by atoms with E-state index >= 15 is 0 Å². The Labute approximate surface area is 167 Å². The third-order valence-electron chi connectivity index (χ3n) is 5.53. The molecule has 3 rings (SSSR count). The Morgan fingerprint density at radius 1 is 1.21 bits per heavy atom. The van der Waals surface area contributed by atoms with Gasteiger partial charge in [0, 0.05) is 43.0 Å². The molecule has 0 aliphatic carbocycles. The number of nitrogens with one attached hydrogen (secondary N) is 1. The van der Waals surface area contributed by atoms with E-state index in [4.69, 9.17) is 0 Å². The maximum absolute atomic E-state index is 12.9. The molecule has 0 unspecified atom stereocenters. The zero-order valence-corrected chi connectivity index (χ0v) is 17.2. The predicted molar refractivity (Wildman–Crippen MR) is 101 cm³/mol. The second kappa shape index (κ2) is 8.25. The third-order valence-corrected chi connectivity index (χ3v) is 5.53. The highest BCUT2D eigenvalue weighted by atomic mass is 19.4. The molecule has 3 heterocycles. The van der Waals surface area contributed by atoms with Gasteiger partial charge in [-0.25, -0.2) is 9.50 Å². The lowest BCUT2D eigenvalue weighted by molar-refractivity contribution is -0.144. The van der Waals surface area contributed by atoms with Gasteiger partial charge in [-0.05, 0) is 52.5 Å². The first-order valence-corrected chi connectivity index (χ1v) is 9.89. The van der Waals surface area contributed by atoms with Crippen LogP contribution in [0.15, 0.2) is 0 Å². The average molecular weight is 412 g/mol. The molecule has 160 valence electrons. The SMILES string of the molecule is Cc1nc2nc(C(F)(F)F)nn2c(C)c1CCC(=O)NC1CCN(C(C)C)CC1. The van der Waals surface area contributed by atoms with Gasteiger partial charge in [-0.1, -0.05) is 0 Å². The standard InChI is InChI=1S/C19H27F3N6O/c1-11(2)27-9-7-14(8-10-27)24-16(29)6-5-15-12(3)23-18-25-17(19(20,21)22)26-28(18)13(15)4/h11,14H,5-10H2,1-4H3,(H,24,29). The molecule has 10 heteroatoms. The Morgan fingerprint density at radius 2 is 1.86 bits per heavy atom. The molecule has 1 aliphatic rings. The molecule has 0 spiro atoms. The number of nitrogens with zero attached hydrogens (tertiary/aromatic N) is 5. The molecule has 0 saturated carbocycles. The molecule has 2 aromatic rings. The average Bonchev–Trinajstić information content (AvgIpc) is 3.06. The van der Waals surface area contributed by atoms with E-state index in [0.717, 1.165) is 36.0 Å². The van der Waals surface area contributed by atoms with E-state index < -0.39 is 12.0 Å². The Morgan fingerprint density at radius 3 is 2.45 bits per heavy atom. The summed E-state index contributed by atoms with van der Waals surface area (Å²) in [4.78, 5) is 22.4. The first kappa shape index (κ1) is 21.5. The van der Waals surface area contributed by atoms with Crippen LogP contribution in [0.2, 0.25) is 0 Å². The highest BCUT2D eigenvalue weighted by molar-refractivity contribution is 5.76. The monoisotopic (exact) mass is 412 g/mol. The van der Waals surface area contributed by atoms with Crippen LogP contribution in [-0.2, 0) is 17.4 Å². The number of hydrogen-bond donors (Lipinski definition) is 1. The summed E-state index contributed by atoms with van der Waals surface area (Å²) in [6.07, 6.45) is -2.14. The number of rotatable bonds is 5. The quantitative estimate of drug-likeness (QED) is 0.817. The molecular formula is C19H27F3N6O. The minimum absolute atomic E-state index is 0.0542. The zero-order valence-electron chi connectivity index (χ0n) is 17.2. The fraction of sp³-hybridized carbons (Fsp3) is 0.684. The summed E-state index contributed by atoms with van der Waals surface area (Å²) in [6, 6.07) is 0.680. The number of carbonyl (C=O) groups excluding carboxylic acids is 1. The minimum Gasteiger partial charge on any atom is -0.353 e.